The van der Waals surface area contributed by atoms with E-state index in [2.05, 4.69) is 18.7 Å². The lowest BCUT2D eigenvalue weighted by Gasteiger charge is -2.43. The Hall–Kier alpha value is -3.03. The molecule has 4 rings (SSSR count). The van der Waals surface area contributed by atoms with E-state index in [9.17, 15) is 9.59 Å². The highest BCUT2D eigenvalue weighted by molar-refractivity contribution is 5.94. The maximum atomic E-state index is 13.3. The van der Waals surface area contributed by atoms with E-state index in [0.29, 0.717) is 25.1 Å². The van der Waals surface area contributed by atoms with Crippen LogP contribution in [0.1, 0.15) is 42.5 Å². The third-order valence-corrected chi connectivity index (χ3v) is 6.48. The van der Waals surface area contributed by atoms with E-state index in [1.165, 1.54) is 0 Å². The Balaban J connectivity index is 1.63. The first-order chi connectivity index (χ1) is 16.0. The van der Waals surface area contributed by atoms with E-state index in [1.807, 2.05) is 59.5 Å². The minimum Gasteiger partial charge on any atom is -0.383 e. The number of fused-ring (bicyclic) bond motifs is 1. The predicted molar refractivity (Wildman–Crippen MR) is 129 cm³/mol. The van der Waals surface area contributed by atoms with Crippen molar-refractivity contribution in [2.24, 2.45) is 0 Å². The van der Waals surface area contributed by atoms with Crippen molar-refractivity contribution in [1.29, 1.82) is 0 Å². The quantitative estimate of drug-likeness (QED) is 0.555. The Bertz CT molecular complexity index is 1160. The fourth-order valence-electron chi connectivity index (χ4n) is 4.76. The summed E-state index contributed by atoms with van der Waals surface area (Å²) < 4.78 is 7.05. The van der Waals surface area contributed by atoms with Crippen LogP contribution in [0.4, 0.5) is 0 Å². The molecule has 0 spiro atoms. The molecular weight excluding hydrogens is 416 g/mol. The first-order valence-electron chi connectivity index (χ1n) is 11.6. The first-order valence-corrected chi connectivity index (χ1v) is 11.6. The Morgan fingerprint density at radius 3 is 2.55 bits per heavy atom. The van der Waals surface area contributed by atoms with Crippen molar-refractivity contribution in [3.05, 3.63) is 76.3 Å². The lowest BCUT2D eigenvalue weighted by Crippen LogP contribution is -2.55. The zero-order valence-electron chi connectivity index (χ0n) is 19.6. The number of para-hydroxylation sites is 1. The monoisotopic (exact) mass is 448 g/mol. The molecule has 2 unspecified atom stereocenters. The second-order valence-electron chi connectivity index (χ2n) is 8.57. The minimum absolute atomic E-state index is 0.0180. The molecule has 0 saturated carbocycles. The van der Waals surface area contributed by atoms with E-state index in [4.69, 9.17) is 9.72 Å². The molecule has 0 N–H and O–H groups in total. The number of amides is 1. The van der Waals surface area contributed by atoms with Crippen LogP contribution in [0.25, 0.3) is 10.9 Å². The van der Waals surface area contributed by atoms with Gasteiger partial charge in [0.15, 0.2) is 0 Å². The van der Waals surface area contributed by atoms with Crippen LogP contribution in [0, 0.1) is 0 Å². The summed E-state index contributed by atoms with van der Waals surface area (Å²) in [6.07, 6.45) is 0.817. The van der Waals surface area contributed by atoms with Crippen LogP contribution in [0.15, 0.2) is 59.4 Å². The van der Waals surface area contributed by atoms with Crippen molar-refractivity contribution < 1.29 is 9.53 Å². The van der Waals surface area contributed by atoms with Gasteiger partial charge in [0.1, 0.15) is 5.82 Å². The average molecular weight is 449 g/mol. The SMILES string of the molecule is CCC(c1nc2ccccc2c(=O)n1CCOC)N1CCN(C(=O)c2ccccc2)C(C)C1. The second-order valence-corrected chi connectivity index (χ2v) is 8.57. The molecule has 3 aromatic rings. The van der Waals surface area contributed by atoms with Gasteiger partial charge in [0.25, 0.3) is 11.5 Å². The Kier molecular flexibility index (Phi) is 7.20. The van der Waals surface area contributed by atoms with Gasteiger partial charge in [-0.25, -0.2) is 4.98 Å². The number of aromatic nitrogens is 2. The van der Waals surface area contributed by atoms with Crippen molar-refractivity contribution in [3.8, 4) is 0 Å². The van der Waals surface area contributed by atoms with Gasteiger partial charge in [0.05, 0.1) is 30.1 Å². The molecule has 0 bridgehead atoms. The van der Waals surface area contributed by atoms with Gasteiger partial charge in [0.2, 0.25) is 0 Å². The lowest BCUT2D eigenvalue weighted by molar-refractivity contribution is 0.0358. The fourth-order valence-corrected chi connectivity index (χ4v) is 4.76. The summed E-state index contributed by atoms with van der Waals surface area (Å²) in [6.45, 7) is 7.21. The number of hydrogen-bond acceptors (Lipinski definition) is 5. The summed E-state index contributed by atoms with van der Waals surface area (Å²) in [5, 5.41) is 0.624. The molecule has 0 aliphatic carbocycles. The van der Waals surface area contributed by atoms with Gasteiger partial charge >= 0.3 is 0 Å². The van der Waals surface area contributed by atoms with Gasteiger partial charge in [-0.1, -0.05) is 37.3 Å². The molecule has 1 aliphatic heterocycles. The van der Waals surface area contributed by atoms with E-state index in [0.717, 1.165) is 36.4 Å². The Morgan fingerprint density at radius 2 is 1.85 bits per heavy atom. The standard InChI is InChI=1S/C26H32N4O3/c1-4-23(24-27-22-13-9-8-12-21(22)26(32)30(24)16-17-33-3)28-14-15-29(19(2)18-28)25(31)20-10-6-5-7-11-20/h5-13,19,23H,4,14-18H2,1-3H3. The lowest BCUT2D eigenvalue weighted by atomic mass is 10.1. The number of carbonyl (C=O) groups excluding carboxylic acids is 1. The van der Waals surface area contributed by atoms with Crippen molar-refractivity contribution in [3.63, 3.8) is 0 Å². The molecule has 174 valence electrons. The summed E-state index contributed by atoms with van der Waals surface area (Å²) in [5.74, 6) is 0.838. The molecule has 2 atom stereocenters. The zero-order chi connectivity index (χ0) is 23.4. The molecule has 7 heteroatoms. The van der Waals surface area contributed by atoms with Crippen LogP contribution in [0.2, 0.25) is 0 Å². The summed E-state index contributed by atoms with van der Waals surface area (Å²) in [4.78, 5) is 35.6. The van der Waals surface area contributed by atoms with E-state index in [-0.39, 0.29) is 23.6 Å². The number of ether oxygens (including phenoxy) is 1. The minimum atomic E-state index is -0.0305. The van der Waals surface area contributed by atoms with Crippen LogP contribution in [0.5, 0.6) is 0 Å². The van der Waals surface area contributed by atoms with E-state index < -0.39 is 0 Å². The summed E-state index contributed by atoms with van der Waals surface area (Å²) in [5.41, 5.74) is 1.40. The number of carbonyl (C=O) groups is 1. The highest BCUT2D eigenvalue weighted by Crippen LogP contribution is 2.27. The van der Waals surface area contributed by atoms with Gasteiger partial charge < -0.3 is 9.64 Å². The van der Waals surface area contributed by atoms with Gasteiger partial charge in [-0.05, 0) is 37.6 Å². The number of benzene rings is 2. The number of piperazine rings is 1. The van der Waals surface area contributed by atoms with Crippen LogP contribution in [-0.2, 0) is 11.3 Å². The smallest absolute Gasteiger partial charge is 0.261 e. The fraction of sp³-hybridized carbons (Fsp3) is 0.423. The molecule has 1 fully saturated rings. The molecule has 2 aromatic carbocycles. The van der Waals surface area contributed by atoms with Gasteiger partial charge in [-0.2, -0.15) is 0 Å². The molecular formula is C26H32N4O3. The molecule has 0 radical (unpaired) electrons. The number of methoxy groups -OCH3 is 1. The van der Waals surface area contributed by atoms with Crippen molar-refractivity contribution >= 4 is 16.8 Å². The third kappa shape index (κ3) is 4.70. The number of rotatable bonds is 7. The maximum Gasteiger partial charge on any atom is 0.261 e. The molecule has 1 aromatic heterocycles. The normalized spacial score (nSPS) is 17.9. The Morgan fingerprint density at radius 1 is 1.12 bits per heavy atom. The highest BCUT2D eigenvalue weighted by Gasteiger charge is 2.33. The van der Waals surface area contributed by atoms with E-state index >= 15 is 0 Å². The van der Waals surface area contributed by atoms with Gasteiger partial charge in [-0.15, -0.1) is 0 Å². The topological polar surface area (TPSA) is 67.7 Å². The number of hydrogen-bond donors (Lipinski definition) is 0. The van der Waals surface area contributed by atoms with Crippen LogP contribution in [-0.4, -0.2) is 64.7 Å². The second kappa shape index (κ2) is 10.3. The van der Waals surface area contributed by atoms with Crippen molar-refractivity contribution in [1.82, 2.24) is 19.4 Å². The van der Waals surface area contributed by atoms with Crippen LogP contribution in [0.3, 0.4) is 0 Å². The van der Waals surface area contributed by atoms with Crippen molar-refractivity contribution in [2.45, 2.75) is 38.9 Å². The molecule has 1 aliphatic rings. The molecule has 1 saturated heterocycles. The average Bonchev–Trinajstić information content (AvgIpc) is 2.84. The Labute approximate surface area is 194 Å². The zero-order valence-corrected chi connectivity index (χ0v) is 19.6. The molecule has 7 nitrogen and oxygen atoms in total. The third-order valence-electron chi connectivity index (χ3n) is 6.48. The van der Waals surface area contributed by atoms with Gasteiger partial charge in [0, 0.05) is 38.3 Å². The maximum absolute atomic E-state index is 13.3. The van der Waals surface area contributed by atoms with Gasteiger partial charge in [-0.3, -0.25) is 19.1 Å². The van der Waals surface area contributed by atoms with Crippen molar-refractivity contribution in [2.75, 3.05) is 33.4 Å². The molecule has 2 heterocycles. The summed E-state index contributed by atoms with van der Waals surface area (Å²) in [6, 6.07) is 17.0. The first kappa shape index (κ1) is 23.1. The molecule has 1 amide bonds. The number of nitrogens with zero attached hydrogens (tertiary/aromatic N) is 4. The summed E-state index contributed by atoms with van der Waals surface area (Å²) in [7, 11) is 1.64. The van der Waals surface area contributed by atoms with Crippen LogP contribution >= 0.6 is 0 Å². The summed E-state index contributed by atoms with van der Waals surface area (Å²) >= 11 is 0. The predicted octanol–water partition coefficient (Wildman–Crippen LogP) is 3.34. The van der Waals surface area contributed by atoms with E-state index in [1.54, 1.807) is 11.7 Å². The molecule has 33 heavy (non-hydrogen) atoms. The largest absolute Gasteiger partial charge is 0.383 e. The highest BCUT2D eigenvalue weighted by atomic mass is 16.5. The van der Waals surface area contributed by atoms with Crippen LogP contribution < -0.4 is 5.56 Å².